The molecule has 64 heavy (non-hydrogen) atoms. The number of hydrogen-bond donors (Lipinski definition) is 0. The first-order valence-corrected chi connectivity index (χ1v) is 21.9. The van der Waals surface area contributed by atoms with Gasteiger partial charge in [0.15, 0.2) is 0 Å². The third-order valence-electron chi connectivity index (χ3n) is 12.0. The lowest BCUT2D eigenvalue weighted by Gasteiger charge is -2.18. The van der Waals surface area contributed by atoms with Gasteiger partial charge in [-0.1, -0.05) is 60.7 Å². The van der Waals surface area contributed by atoms with Crippen LogP contribution in [0.2, 0.25) is 0 Å². The molecule has 2 atom stereocenters. The van der Waals surface area contributed by atoms with Crippen LogP contribution in [0, 0.1) is 34.3 Å². The van der Waals surface area contributed by atoms with E-state index < -0.39 is 11.8 Å². The zero-order chi connectivity index (χ0) is 43.1. The van der Waals surface area contributed by atoms with Gasteiger partial charge in [-0.15, -0.1) is 22.7 Å². The van der Waals surface area contributed by atoms with Crippen molar-refractivity contribution in [2.45, 2.75) is 11.8 Å². The van der Waals surface area contributed by atoms with Gasteiger partial charge >= 0.3 is 0 Å². The zero-order valence-electron chi connectivity index (χ0n) is 33.3. The average molecular weight is 867 g/mol. The molecule has 0 saturated heterocycles. The first kappa shape index (κ1) is 37.6. The van der Waals surface area contributed by atoms with E-state index in [1.807, 2.05) is 130 Å². The summed E-state index contributed by atoms with van der Waals surface area (Å²) in [5, 5.41) is 24.7. The monoisotopic (exact) mass is 866 g/mol. The Morgan fingerprint density at radius 1 is 0.484 bits per heavy atom. The third-order valence-corrected chi connectivity index (χ3v) is 14.3. The number of thiophene rings is 2. The molecule has 12 rings (SSSR count). The van der Waals surface area contributed by atoms with Gasteiger partial charge in [0.05, 0.1) is 58.4 Å². The quantitative estimate of drug-likeness (QED) is 0.158. The van der Waals surface area contributed by atoms with Gasteiger partial charge in [0.25, 0.3) is 0 Å². The van der Waals surface area contributed by atoms with E-state index in [2.05, 4.69) is 32.1 Å². The first-order valence-electron chi connectivity index (χ1n) is 20.3. The number of benzene rings is 6. The predicted octanol–water partition coefficient (Wildman–Crippen LogP) is 13.4. The maximum Gasteiger partial charge on any atom is 0.134 e. The van der Waals surface area contributed by atoms with Gasteiger partial charge in [-0.05, 0) is 82.6 Å². The first-order chi connectivity index (χ1) is 31.4. The van der Waals surface area contributed by atoms with Crippen LogP contribution in [0.3, 0.4) is 0 Å². The molecule has 0 fully saturated rings. The van der Waals surface area contributed by atoms with Crippen LogP contribution in [0.1, 0.15) is 23.0 Å². The molecule has 12 aromatic rings. The lowest BCUT2D eigenvalue weighted by atomic mass is 9.83. The smallest absolute Gasteiger partial charge is 0.134 e. The van der Waals surface area contributed by atoms with Crippen molar-refractivity contribution in [3.05, 3.63) is 181 Å². The van der Waals surface area contributed by atoms with Crippen LogP contribution in [0.5, 0.6) is 0 Å². The number of fused-ring (bicyclic) bond motifs is 8. The summed E-state index contributed by atoms with van der Waals surface area (Å²) in [5.74, 6) is -2.23. The molecule has 0 saturated carbocycles. The van der Waals surface area contributed by atoms with Crippen molar-refractivity contribution in [3.8, 4) is 44.4 Å². The fourth-order valence-electron chi connectivity index (χ4n) is 8.79. The van der Waals surface area contributed by atoms with Gasteiger partial charge in [-0.25, -0.2) is 18.7 Å². The van der Waals surface area contributed by atoms with Crippen LogP contribution in [0.15, 0.2) is 159 Å². The summed E-state index contributed by atoms with van der Waals surface area (Å²) < 4.78 is 37.3. The van der Waals surface area contributed by atoms with E-state index in [1.54, 1.807) is 47.7 Å². The van der Waals surface area contributed by atoms with E-state index in [0.717, 1.165) is 63.1 Å². The summed E-state index contributed by atoms with van der Waals surface area (Å²) in [6, 6.07) is 46.6. The fourth-order valence-corrected chi connectivity index (χ4v) is 11.0. The largest absolute Gasteiger partial charge is 0.298 e. The number of nitrogens with zero attached hydrogens (tertiary/aromatic N) is 8. The number of hydrogen-bond acceptors (Lipinski definition) is 8. The Hall–Kier alpha value is -8.16. The molecule has 0 aliphatic heterocycles. The minimum Gasteiger partial charge on any atom is -0.298 e. The van der Waals surface area contributed by atoms with Gasteiger partial charge in [0.1, 0.15) is 35.3 Å². The van der Waals surface area contributed by atoms with E-state index >= 15 is 8.78 Å². The summed E-state index contributed by atoms with van der Waals surface area (Å²) in [7, 11) is 0. The Balaban J connectivity index is 0.859. The molecular formula is C52H28F2N8S2. The van der Waals surface area contributed by atoms with Crippen LogP contribution < -0.4 is 0 Å². The minimum absolute atomic E-state index is 0.345. The molecule has 12 heteroatoms. The van der Waals surface area contributed by atoms with Gasteiger partial charge in [-0.3, -0.25) is 19.1 Å². The van der Waals surface area contributed by atoms with Crippen LogP contribution in [-0.4, -0.2) is 29.1 Å². The van der Waals surface area contributed by atoms with Crippen molar-refractivity contribution in [3.63, 3.8) is 0 Å². The van der Waals surface area contributed by atoms with Crippen molar-refractivity contribution in [2.24, 2.45) is 0 Å². The third kappa shape index (κ3) is 6.03. The highest BCUT2D eigenvalue weighted by Crippen LogP contribution is 2.41. The number of nitriles is 2. The van der Waals surface area contributed by atoms with Crippen LogP contribution in [0.25, 0.3) is 96.3 Å². The van der Waals surface area contributed by atoms with Crippen molar-refractivity contribution in [1.82, 2.24) is 29.1 Å². The molecule has 0 aliphatic rings. The van der Waals surface area contributed by atoms with E-state index in [4.69, 9.17) is 0 Å². The number of halogens is 2. The van der Waals surface area contributed by atoms with E-state index in [-0.39, 0.29) is 11.6 Å². The highest BCUT2D eigenvalue weighted by molar-refractivity contribution is 7.22. The molecule has 0 bridgehead atoms. The molecule has 0 N–H and O–H groups in total. The number of pyridine rings is 2. The van der Waals surface area contributed by atoms with Gasteiger partial charge in [0.2, 0.25) is 0 Å². The van der Waals surface area contributed by atoms with Crippen molar-refractivity contribution in [1.29, 1.82) is 10.5 Å². The topological polar surface area (TPSA) is 109 Å². The maximum absolute atomic E-state index is 15.6. The molecule has 0 amide bonds. The maximum atomic E-state index is 15.6. The molecule has 6 aromatic carbocycles. The Morgan fingerprint density at radius 2 is 0.906 bits per heavy atom. The van der Waals surface area contributed by atoms with E-state index in [9.17, 15) is 10.5 Å². The van der Waals surface area contributed by atoms with Gasteiger partial charge < -0.3 is 0 Å². The SMILES string of the molecule is N#CC(c1ccc(-n2cnc3cnc4cc(F)c(-c5cc6ccccc6s5)cc4c32)cc1)C(C#N)c1ccc(-n2cnc3cnc4cc(F)c(-c5cc6ccccc6s5)cc4c32)cc1. The summed E-state index contributed by atoms with van der Waals surface area (Å²) in [5.41, 5.74) is 7.86. The zero-order valence-corrected chi connectivity index (χ0v) is 34.9. The molecule has 2 unspecified atom stereocenters. The second-order valence-electron chi connectivity index (χ2n) is 15.6. The predicted molar refractivity (Wildman–Crippen MR) is 251 cm³/mol. The number of aromatic nitrogens is 6. The van der Waals surface area contributed by atoms with E-state index in [1.165, 1.54) is 12.1 Å². The average Bonchev–Trinajstić information content (AvgIpc) is 4.15. The molecule has 6 aromatic heterocycles. The summed E-state index contributed by atoms with van der Waals surface area (Å²) in [4.78, 5) is 20.0. The van der Waals surface area contributed by atoms with E-state index in [0.29, 0.717) is 44.3 Å². The second kappa shape index (κ2) is 14.7. The summed E-state index contributed by atoms with van der Waals surface area (Å²) >= 11 is 3.09. The Morgan fingerprint density at radius 3 is 1.31 bits per heavy atom. The Labute approximate surface area is 370 Å². The van der Waals surface area contributed by atoms with Gasteiger partial charge in [0, 0.05) is 64.6 Å². The summed E-state index contributed by atoms with van der Waals surface area (Å²) in [6.07, 6.45) is 6.73. The molecule has 8 nitrogen and oxygen atoms in total. The Kier molecular flexibility index (Phi) is 8.66. The van der Waals surface area contributed by atoms with Crippen molar-refractivity contribution >= 4 is 86.7 Å². The molecule has 0 spiro atoms. The highest BCUT2D eigenvalue weighted by Gasteiger charge is 2.26. The summed E-state index contributed by atoms with van der Waals surface area (Å²) in [6.45, 7) is 0. The molecule has 0 aliphatic carbocycles. The minimum atomic E-state index is -0.771. The highest BCUT2D eigenvalue weighted by atomic mass is 32.1. The van der Waals surface area contributed by atoms with Crippen LogP contribution in [0.4, 0.5) is 8.78 Å². The fraction of sp³-hybridized carbons (Fsp3) is 0.0385. The molecule has 0 radical (unpaired) electrons. The standard InChI is InChI=1S/C52H28F2N8S2/c53-41-21-43-37(19-35(41)49-17-31-5-1-3-7-47(31)63-49)51-45(25-57-43)59-27-61(51)33-13-9-29(10-14-33)39(23-55)40(24-56)30-11-15-34(16-12-30)62-28-60-46-26-58-44-22-42(54)36(20-38(44)52(46)62)50-18-32-6-2-4-8-48(32)64-50/h1-22,25-28,39-40H. The van der Waals surface area contributed by atoms with Crippen molar-refractivity contribution in [2.75, 3.05) is 0 Å². The van der Waals surface area contributed by atoms with Gasteiger partial charge in [-0.2, -0.15) is 10.5 Å². The van der Waals surface area contributed by atoms with Crippen LogP contribution in [-0.2, 0) is 0 Å². The van der Waals surface area contributed by atoms with Crippen LogP contribution >= 0.6 is 22.7 Å². The second-order valence-corrected chi connectivity index (χ2v) is 17.8. The molecule has 302 valence electrons. The lowest BCUT2D eigenvalue weighted by molar-refractivity contribution is 0.633. The number of imidazole rings is 2. The molecule has 6 heterocycles. The van der Waals surface area contributed by atoms with Crippen molar-refractivity contribution < 1.29 is 8.78 Å². The molecular weight excluding hydrogens is 839 g/mol. The Bertz CT molecular complexity index is 3600. The normalized spacial score (nSPS) is 12.7. The number of rotatable bonds is 7. The lowest BCUT2D eigenvalue weighted by Crippen LogP contribution is -2.09.